The first-order valence-electron chi connectivity index (χ1n) is 11.0. The normalized spacial score (nSPS) is 17.8. The van der Waals surface area contributed by atoms with E-state index in [0.29, 0.717) is 52.6 Å². The van der Waals surface area contributed by atoms with Gasteiger partial charge >= 0.3 is 13.1 Å². The monoisotopic (exact) mass is 466 g/mol. The summed E-state index contributed by atoms with van der Waals surface area (Å²) < 4.78 is 89.9. The van der Waals surface area contributed by atoms with Crippen LogP contribution < -0.4 is 0 Å². The molecule has 2 aliphatic rings. The lowest BCUT2D eigenvalue weighted by Crippen LogP contribution is -2.51. The third kappa shape index (κ3) is 3.07. The fourth-order valence-electron chi connectivity index (χ4n) is 5.63. The maximum absolute atomic E-state index is 16.1. The van der Waals surface area contributed by atoms with Gasteiger partial charge in [-0.1, -0.05) is 13.8 Å². The summed E-state index contributed by atoms with van der Waals surface area (Å²) in [6.07, 6.45) is -3.76. The topological polar surface area (TPSA) is 7.94 Å². The predicted octanol–water partition coefficient (Wildman–Crippen LogP) is 7.03. The fraction of sp³-hybridized carbons (Fsp3) is 0.375. The van der Waals surface area contributed by atoms with Crippen molar-refractivity contribution in [1.29, 1.82) is 0 Å². The molecule has 0 N–H and O–H groups in total. The van der Waals surface area contributed by atoms with Crippen molar-refractivity contribution in [2.24, 2.45) is 0 Å². The maximum atomic E-state index is 16.1. The first-order chi connectivity index (χ1) is 15.3. The van der Waals surface area contributed by atoms with Gasteiger partial charge in [0.1, 0.15) is 11.5 Å². The average Bonchev–Trinajstić information content (AvgIpc) is 3.13. The molecule has 9 heteroatoms. The summed E-state index contributed by atoms with van der Waals surface area (Å²) in [6, 6.07) is 2.16. The van der Waals surface area contributed by atoms with Crippen LogP contribution in [0.15, 0.2) is 35.0 Å². The zero-order chi connectivity index (χ0) is 24.6. The van der Waals surface area contributed by atoms with E-state index in [2.05, 4.69) is 0 Å². The zero-order valence-electron chi connectivity index (χ0n) is 19.4. The number of halogens is 6. The molecule has 0 amide bonds. The second-order valence-corrected chi connectivity index (χ2v) is 8.68. The predicted molar refractivity (Wildman–Crippen MR) is 118 cm³/mol. The Morgan fingerprint density at radius 3 is 2.18 bits per heavy atom. The molecule has 0 spiro atoms. The number of hydrogen-bond acceptors (Lipinski definition) is 0. The van der Waals surface area contributed by atoms with E-state index in [1.165, 1.54) is 0 Å². The third-order valence-electron chi connectivity index (χ3n) is 7.06. The lowest BCUT2D eigenvalue weighted by atomic mass is 9.83. The Balaban J connectivity index is 2.25. The molecule has 2 aliphatic heterocycles. The van der Waals surface area contributed by atoms with Crippen LogP contribution in [0, 0.1) is 19.7 Å². The van der Waals surface area contributed by atoms with Crippen molar-refractivity contribution in [2.75, 3.05) is 0 Å². The molecular formula is C24H25BF6N2. The molecule has 176 valence electrons. The van der Waals surface area contributed by atoms with Crippen molar-refractivity contribution in [3.63, 3.8) is 0 Å². The molecular weight excluding hydrogens is 441 g/mol. The van der Waals surface area contributed by atoms with Gasteiger partial charge in [0, 0.05) is 29.3 Å². The first kappa shape index (κ1) is 23.5. The van der Waals surface area contributed by atoms with Crippen LogP contribution in [0.5, 0.6) is 0 Å². The quantitative estimate of drug-likeness (QED) is 0.339. The van der Waals surface area contributed by atoms with Crippen LogP contribution in [0.3, 0.4) is 0 Å². The SMILES string of the molecule is CCC1=C(C)C2=C(c3cc(C(F)(F)F)ccc3F)c3c(C)c(CC)c(C)n3[B-](F)(F)[N+]2=C1C. The highest BCUT2D eigenvalue weighted by Crippen LogP contribution is 2.48. The summed E-state index contributed by atoms with van der Waals surface area (Å²) in [5.41, 5.74) is 2.02. The first-order valence-corrected chi connectivity index (χ1v) is 11.0. The van der Waals surface area contributed by atoms with Crippen LogP contribution in [0.4, 0.5) is 26.2 Å². The molecule has 1 aromatic heterocycles. The zero-order valence-corrected chi connectivity index (χ0v) is 19.4. The number of alkyl halides is 3. The Kier molecular flexibility index (Phi) is 5.26. The number of rotatable bonds is 3. The summed E-state index contributed by atoms with van der Waals surface area (Å²) in [6.45, 7) is 5.87. The molecule has 0 bridgehead atoms. The molecule has 1 aromatic carbocycles. The molecule has 0 unspecified atom stereocenters. The van der Waals surface area contributed by atoms with Gasteiger partial charge in [-0.3, -0.25) is 0 Å². The van der Waals surface area contributed by atoms with Crippen LogP contribution in [0.25, 0.3) is 5.57 Å². The maximum Gasteiger partial charge on any atom is 0.737 e. The number of fused-ring (bicyclic) bond motifs is 2. The van der Waals surface area contributed by atoms with Crippen LogP contribution in [-0.2, 0) is 12.6 Å². The van der Waals surface area contributed by atoms with Gasteiger partial charge in [0.2, 0.25) is 0 Å². The molecule has 0 fully saturated rings. The van der Waals surface area contributed by atoms with Crippen LogP contribution in [0.2, 0.25) is 0 Å². The number of aromatic nitrogens is 1. The summed E-state index contributed by atoms with van der Waals surface area (Å²) in [7, 11) is 0. The molecule has 2 nitrogen and oxygen atoms in total. The molecule has 0 atom stereocenters. The van der Waals surface area contributed by atoms with E-state index in [-0.39, 0.29) is 22.5 Å². The number of hydrogen-bond donors (Lipinski definition) is 0. The number of nitrogens with zero attached hydrogens (tertiary/aromatic N) is 2. The van der Waals surface area contributed by atoms with Gasteiger partial charge in [-0.2, -0.15) is 13.2 Å². The molecule has 0 aliphatic carbocycles. The highest BCUT2D eigenvalue weighted by Gasteiger charge is 2.57. The van der Waals surface area contributed by atoms with E-state index in [9.17, 15) is 13.2 Å². The second kappa shape index (κ2) is 7.40. The van der Waals surface area contributed by atoms with Crippen LogP contribution >= 0.6 is 0 Å². The molecule has 3 heterocycles. The van der Waals surface area contributed by atoms with Gasteiger partial charge in [0.25, 0.3) is 0 Å². The Labute approximate surface area is 189 Å². The van der Waals surface area contributed by atoms with Gasteiger partial charge < -0.3 is 17.6 Å². The van der Waals surface area contributed by atoms with Crippen molar-refractivity contribution in [3.05, 3.63) is 74.5 Å². The van der Waals surface area contributed by atoms with Crippen molar-refractivity contribution < 1.29 is 30.7 Å². The van der Waals surface area contributed by atoms with Crippen molar-refractivity contribution >= 4 is 18.3 Å². The molecule has 4 rings (SSSR count). The summed E-state index contributed by atoms with van der Waals surface area (Å²) in [4.78, 5) is 0. The van der Waals surface area contributed by atoms with E-state index in [4.69, 9.17) is 0 Å². The minimum Gasteiger partial charge on any atom is -0.393 e. The number of benzene rings is 1. The van der Waals surface area contributed by atoms with Gasteiger partial charge in [-0.05, 0) is 68.6 Å². The molecule has 33 heavy (non-hydrogen) atoms. The minimum atomic E-state index is -4.70. The highest BCUT2D eigenvalue weighted by molar-refractivity contribution is 6.58. The van der Waals surface area contributed by atoms with E-state index in [0.717, 1.165) is 21.1 Å². The van der Waals surface area contributed by atoms with Crippen molar-refractivity contribution in [1.82, 2.24) is 4.48 Å². The van der Waals surface area contributed by atoms with E-state index in [1.807, 2.05) is 13.8 Å². The van der Waals surface area contributed by atoms with E-state index >= 15 is 13.0 Å². The van der Waals surface area contributed by atoms with Crippen LogP contribution in [0.1, 0.15) is 67.8 Å². The smallest absolute Gasteiger partial charge is 0.393 e. The van der Waals surface area contributed by atoms with Crippen molar-refractivity contribution in [2.45, 2.75) is 60.6 Å². The molecule has 2 aromatic rings. The Morgan fingerprint density at radius 2 is 1.64 bits per heavy atom. The molecule has 0 radical (unpaired) electrons. The average molecular weight is 466 g/mol. The lowest BCUT2D eigenvalue weighted by molar-refractivity contribution is -0.363. The van der Waals surface area contributed by atoms with Gasteiger partial charge in [-0.15, -0.1) is 0 Å². The molecule has 0 saturated heterocycles. The van der Waals surface area contributed by atoms with Gasteiger partial charge in [-0.25, -0.2) is 4.39 Å². The summed E-state index contributed by atoms with van der Waals surface area (Å²) in [5, 5.41) is 0. The Morgan fingerprint density at radius 1 is 1.00 bits per heavy atom. The van der Waals surface area contributed by atoms with E-state index in [1.54, 1.807) is 27.7 Å². The summed E-state index contributed by atoms with van der Waals surface area (Å²) >= 11 is 0. The van der Waals surface area contributed by atoms with E-state index < -0.39 is 24.5 Å². The summed E-state index contributed by atoms with van der Waals surface area (Å²) in [5.74, 6) is -0.888. The Bertz CT molecular complexity index is 1290. The van der Waals surface area contributed by atoms with Crippen LogP contribution in [-0.4, -0.2) is 21.6 Å². The van der Waals surface area contributed by atoms with Crippen molar-refractivity contribution in [3.8, 4) is 0 Å². The van der Waals surface area contributed by atoms with Gasteiger partial charge in [0.05, 0.1) is 11.1 Å². The minimum absolute atomic E-state index is 0.0759. The largest absolute Gasteiger partial charge is 0.737 e. The highest BCUT2D eigenvalue weighted by atomic mass is 19.4. The van der Waals surface area contributed by atoms with Gasteiger partial charge in [0.15, 0.2) is 5.70 Å². The second-order valence-electron chi connectivity index (χ2n) is 8.68. The third-order valence-corrected chi connectivity index (χ3v) is 7.06. The standard InChI is InChI=1S/C24H25BF6N2/c1-7-17-12(3)22-21(19-11-16(24(27,28)29)9-10-20(19)26)23-13(4)18(8-2)15(6)33(23)25(30,31)32(22)14(17)5/h9-11H,7-8H2,1-6H3. The molecule has 0 saturated carbocycles. The fourth-order valence-corrected chi connectivity index (χ4v) is 5.63. The lowest BCUT2D eigenvalue weighted by Gasteiger charge is -2.34. The Hall–Kier alpha value is -2.71. The number of allylic oxidation sites excluding steroid dienone is 2.